The van der Waals surface area contributed by atoms with Crippen molar-refractivity contribution in [3.63, 3.8) is 0 Å². The second-order valence-electron chi connectivity index (χ2n) is 0.0816. The van der Waals surface area contributed by atoms with Crippen LogP contribution in [0.2, 0.25) is 0 Å². The van der Waals surface area contributed by atoms with Crippen LogP contribution in [0.3, 0.4) is 0 Å². The lowest BCUT2D eigenvalue weighted by molar-refractivity contribution is 0.586. The largest absolute Gasteiger partial charge is 0.308 e. The first-order chi connectivity index (χ1) is 1.41. The fourth-order valence-corrected chi connectivity index (χ4v) is 0. The molecule has 0 radical (unpaired) electrons. The molecule has 0 aliphatic rings. The van der Waals surface area contributed by atoms with E-state index in [1.807, 2.05) is 0 Å². The van der Waals surface area contributed by atoms with E-state index in [1.54, 1.807) is 0 Å². The lowest BCUT2D eigenvalue weighted by Crippen LogP contribution is -1.39. The van der Waals surface area contributed by atoms with Crippen molar-refractivity contribution in [3.05, 3.63) is 0 Å². The summed E-state index contributed by atoms with van der Waals surface area (Å²) in [5.74, 6) is 0. The zero-order valence-electron chi connectivity index (χ0n) is 2.01. The van der Waals surface area contributed by atoms with Crippen molar-refractivity contribution >= 4 is 21.8 Å². The van der Waals surface area contributed by atoms with Crippen molar-refractivity contribution in [2.75, 3.05) is 0 Å². The summed E-state index contributed by atoms with van der Waals surface area (Å²) >= 11 is -0.833. The average Bonchev–Trinajstić information content (AvgIpc) is 0.918. The first kappa shape index (κ1) is 8.82. The van der Waals surface area contributed by atoms with Crippen molar-refractivity contribution in [3.8, 4) is 0 Å². The van der Waals surface area contributed by atoms with Crippen LogP contribution in [-0.4, -0.2) is 8.76 Å². The molecule has 0 aromatic heterocycles. The Kier molecular flexibility index (Phi) is 21.2. The van der Waals surface area contributed by atoms with Gasteiger partial charge >= 0.3 is 0 Å². The van der Waals surface area contributed by atoms with Crippen LogP contribution < -0.4 is 0 Å². The monoisotopic (exact) mass is 100.0 g/mol. The predicted octanol–water partition coefficient (Wildman–Crippen LogP) is -0.537. The van der Waals surface area contributed by atoms with Gasteiger partial charge in [0.25, 0.3) is 0 Å². The maximum atomic E-state index is 8.46. The number of hydrogen-bond donors (Lipinski definition) is 2. The third-order valence-electron chi connectivity index (χ3n) is 0. The smallest absolute Gasteiger partial charge is 0.139 e. The third kappa shape index (κ3) is 20.7. The van der Waals surface area contributed by atoms with Gasteiger partial charge in [-0.3, -0.25) is 0 Å². The van der Waals surface area contributed by atoms with E-state index >= 15 is 0 Å². The van der Waals surface area contributed by atoms with Crippen LogP contribution in [0.25, 0.3) is 0 Å². The van der Waals surface area contributed by atoms with Crippen molar-refractivity contribution in [2.24, 2.45) is 0 Å². The van der Waals surface area contributed by atoms with Gasteiger partial charge in [-0.1, -0.05) is 0 Å². The van der Waals surface area contributed by atoms with Gasteiger partial charge in [-0.25, -0.2) is 4.21 Å². The van der Waals surface area contributed by atoms with E-state index in [2.05, 4.69) is 0 Å². The summed E-state index contributed by atoms with van der Waals surface area (Å²) in [6.45, 7) is 0. The molecule has 1 N–H and O–H groups in total. The molecule has 0 aromatic carbocycles. The van der Waals surface area contributed by atoms with Gasteiger partial charge in [-0.2, -0.15) is 9.90 Å². The lowest BCUT2D eigenvalue weighted by atomic mass is 15.9. The SMILES string of the molecule is O=[SH]O.P. The molecular weight excluding hydrogens is 95.0 g/mol. The van der Waals surface area contributed by atoms with Crippen molar-refractivity contribution in [2.45, 2.75) is 0 Å². The van der Waals surface area contributed by atoms with Crippen LogP contribution in [0.4, 0.5) is 0 Å². The van der Waals surface area contributed by atoms with Gasteiger partial charge in [0.05, 0.1) is 0 Å². The first-order valence-electron chi connectivity index (χ1n) is 0.383. The quantitative estimate of drug-likeness (QED) is 0.244. The number of thiol groups is 1. The van der Waals surface area contributed by atoms with Crippen LogP contribution in [0.1, 0.15) is 0 Å². The zero-order chi connectivity index (χ0) is 2.71. The van der Waals surface area contributed by atoms with E-state index in [0.717, 1.165) is 0 Å². The van der Waals surface area contributed by atoms with Crippen LogP contribution >= 0.6 is 9.90 Å². The third-order valence-corrected chi connectivity index (χ3v) is 0. The molecule has 0 amide bonds. The lowest BCUT2D eigenvalue weighted by Gasteiger charge is -1.32. The normalized spacial score (nSPS) is 4.25. The minimum absolute atomic E-state index is 0. The van der Waals surface area contributed by atoms with Gasteiger partial charge in [0.15, 0.2) is 0 Å². The van der Waals surface area contributed by atoms with E-state index < -0.39 is 11.9 Å². The van der Waals surface area contributed by atoms with Crippen LogP contribution in [-0.2, 0) is 11.9 Å². The highest BCUT2D eigenvalue weighted by atomic mass is 32.2. The highest BCUT2D eigenvalue weighted by molar-refractivity contribution is 7.59. The Labute approximate surface area is 31.5 Å². The molecule has 2 nitrogen and oxygen atoms in total. The summed E-state index contributed by atoms with van der Waals surface area (Å²) in [7, 11) is 0. The average molecular weight is 100 g/mol. The van der Waals surface area contributed by atoms with Crippen molar-refractivity contribution in [1.29, 1.82) is 0 Å². The predicted molar refractivity (Wildman–Crippen MR) is 23.3 cm³/mol. The van der Waals surface area contributed by atoms with Gasteiger partial charge in [0.2, 0.25) is 0 Å². The van der Waals surface area contributed by atoms with Crippen LogP contribution in [0, 0.1) is 0 Å². The minimum atomic E-state index is -0.833. The fourth-order valence-electron chi connectivity index (χ4n) is 0. The fraction of sp³-hybridized carbons (Fsp3) is 0. The minimum Gasteiger partial charge on any atom is -0.308 e. The highest BCUT2D eigenvalue weighted by Gasteiger charge is 1.17. The second kappa shape index (κ2) is 9.63. The van der Waals surface area contributed by atoms with Gasteiger partial charge in [0, 0.05) is 0 Å². The van der Waals surface area contributed by atoms with E-state index in [0.29, 0.717) is 0 Å². The Morgan fingerprint density at radius 2 is 1.75 bits per heavy atom. The Hall–Kier alpha value is 0.540. The molecule has 28 valence electrons. The molecule has 1 unspecified atom stereocenters. The summed E-state index contributed by atoms with van der Waals surface area (Å²) < 4.78 is 15.4. The summed E-state index contributed by atoms with van der Waals surface area (Å²) in [4.78, 5) is 0. The molecular formula is H5O2PS. The molecule has 0 heterocycles. The molecule has 0 fully saturated rings. The summed E-state index contributed by atoms with van der Waals surface area (Å²) in [5.41, 5.74) is 0. The molecule has 4 heteroatoms. The maximum absolute atomic E-state index is 8.46. The van der Waals surface area contributed by atoms with E-state index in [1.165, 1.54) is 0 Å². The molecule has 0 bridgehead atoms. The summed E-state index contributed by atoms with van der Waals surface area (Å²) in [6, 6.07) is 0. The standard InChI is InChI=1S/H2O2S.H3P/c1-3-2;/h3H,(H,1,2);1H3. The summed E-state index contributed by atoms with van der Waals surface area (Å²) in [6.07, 6.45) is 0. The molecule has 1 atom stereocenters. The maximum Gasteiger partial charge on any atom is 0.139 e. The van der Waals surface area contributed by atoms with Gasteiger partial charge in [-0.05, 0) is 0 Å². The number of rotatable bonds is 0. The van der Waals surface area contributed by atoms with Crippen LogP contribution in [0.5, 0.6) is 0 Å². The molecule has 0 rings (SSSR count). The summed E-state index contributed by atoms with van der Waals surface area (Å²) in [5, 5.41) is 0. The Morgan fingerprint density at radius 3 is 1.75 bits per heavy atom. The van der Waals surface area contributed by atoms with E-state index in [9.17, 15) is 0 Å². The number of hydrogen-bond acceptors (Lipinski definition) is 1. The Bertz CT molecular complexity index is 13.5. The van der Waals surface area contributed by atoms with Gasteiger partial charge < -0.3 is 4.55 Å². The van der Waals surface area contributed by atoms with Crippen molar-refractivity contribution in [1.82, 2.24) is 0 Å². The highest BCUT2D eigenvalue weighted by Crippen LogP contribution is 1.08. The Balaban J connectivity index is 0. The zero-order valence-corrected chi connectivity index (χ0v) is 4.32. The van der Waals surface area contributed by atoms with Crippen LogP contribution in [0.15, 0.2) is 0 Å². The molecule has 0 aromatic rings. The van der Waals surface area contributed by atoms with Gasteiger partial charge in [0.1, 0.15) is 11.9 Å². The molecule has 4 heavy (non-hydrogen) atoms. The van der Waals surface area contributed by atoms with Crippen molar-refractivity contribution < 1.29 is 8.76 Å². The molecule has 0 spiro atoms. The molecule has 0 aliphatic carbocycles. The van der Waals surface area contributed by atoms with Gasteiger partial charge in [-0.15, -0.1) is 0 Å². The van der Waals surface area contributed by atoms with E-state index in [-0.39, 0.29) is 9.90 Å². The topological polar surface area (TPSA) is 37.3 Å². The molecule has 0 saturated carbocycles. The molecule has 0 aliphatic heterocycles. The first-order valence-corrected chi connectivity index (χ1v) is 1.15. The Morgan fingerprint density at radius 1 is 1.75 bits per heavy atom. The molecule has 0 saturated heterocycles. The second-order valence-corrected chi connectivity index (χ2v) is 0.245. The van der Waals surface area contributed by atoms with E-state index in [4.69, 9.17) is 8.76 Å².